The third-order valence-corrected chi connectivity index (χ3v) is 5.69. The predicted molar refractivity (Wildman–Crippen MR) is 109 cm³/mol. The zero-order valence-corrected chi connectivity index (χ0v) is 17.1. The van der Waals surface area contributed by atoms with Gasteiger partial charge in [-0.05, 0) is 36.6 Å². The lowest BCUT2D eigenvalue weighted by atomic mass is 10.2. The molecule has 2 aromatic rings. The van der Waals surface area contributed by atoms with Crippen LogP contribution in [0.25, 0.3) is 6.08 Å². The summed E-state index contributed by atoms with van der Waals surface area (Å²) in [6, 6.07) is 7.52. The fourth-order valence-corrected chi connectivity index (χ4v) is 3.87. The Kier molecular flexibility index (Phi) is 7.50. The van der Waals surface area contributed by atoms with Gasteiger partial charge in [0.25, 0.3) is 0 Å². The number of nitrogens with zero attached hydrogens (tertiary/aromatic N) is 3. The van der Waals surface area contributed by atoms with Crippen LogP contribution in [-0.4, -0.2) is 52.8 Å². The van der Waals surface area contributed by atoms with Crippen LogP contribution in [0.1, 0.15) is 24.2 Å². The van der Waals surface area contributed by atoms with Gasteiger partial charge < -0.3 is 19.4 Å². The number of hydrogen-bond donors (Lipinski definition) is 1. The standard InChI is InChI=1S/C20H26N4O3S/c1-24-18(22-23-20(24)28-14-17-4-3-13-27-17)11-12-21-19(25)10-7-15-5-8-16(26-2)9-6-15/h5-10,17H,3-4,11-14H2,1-2H3,(H,21,25)/b10-7+. The molecule has 1 aromatic heterocycles. The van der Waals surface area contributed by atoms with E-state index in [1.54, 1.807) is 24.9 Å². The summed E-state index contributed by atoms with van der Waals surface area (Å²) in [6.07, 6.45) is 6.52. The van der Waals surface area contributed by atoms with Gasteiger partial charge in [0.15, 0.2) is 5.16 Å². The minimum atomic E-state index is -0.133. The molecule has 0 saturated carbocycles. The highest BCUT2D eigenvalue weighted by Crippen LogP contribution is 2.22. The number of carbonyl (C=O) groups is 1. The fraction of sp³-hybridized carbons (Fsp3) is 0.450. The van der Waals surface area contributed by atoms with Crippen LogP contribution in [0, 0.1) is 0 Å². The molecule has 0 bridgehead atoms. The molecule has 1 fully saturated rings. The van der Waals surface area contributed by atoms with Gasteiger partial charge >= 0.3 is 0 Å². The molecule has 1 aliphatic rings. The van der Waals surface area contributed by atoms with E-state index in [2.05, 4.69) is 15.5 Å². The smallest absolute Gasteiger partial charge is 0.244 e. The molecular weight excluding hydrogens is 376 g/mol. The molecule has 1 atom stereocenters. The Morgan fingerprint density at radius 3 is 2.93 bits per heavy atom. The van der Waals surface area contributed by atoms with E-state index in [1.807, 2.05) is 35.9 Å². The first kappa shape index (κ1) is 20.4. The minimum absolute atomic E-state index is 0.133. The van der Waals surface area contributed by atoms with E-state index in [4.69, 9.17) is 9.47 Å². The maximum atomic E-state index is 12.0. The Labute approximate surface area is 169 Å². The predicted octanol–water partition coefficient (Wildman–Crippen LogP) is 2.47. The van der Waals surface area contributed by atoms with Crippen molar-refractivity contribution in [2.45, 2.75) is 30.5 Å². The summed E-state index contributed by atoms with van der Waals surface area (Å²) in [5, 5.41) is 12.3. The van der Waals surface area contributed by atoms with E-state index < -0.39 is 0 Å². The van der Waals surface area contributed by atoms with Gasteiger partial charge in [0.05, 0.1) is 13.2 Å². The molecule has 1 N–H and O–H groups in total. The van der Waals surface area contributed by atoms with Gasteiger partial charge in [0.1, 0.15) is 11.6 Å². The van der Waals surface area contributed by atoms with Crippen molar-refractivity contribution in [2.75, 3.05) is 26.0 Å². The van der Waals surface area contributed by atoms with Gasteiger partial charge in [0.2, 0.25) is 5.91 Å². The monoisotopic (exact) mass is 402 g/mol. The largest absolute Gasteiger partial charge is 0.497 e. The van der Waals surface area contributed by atoms with Crippen LogP contribution in [-0.2, 0) is 23.0 Å². The summed E-state index contributed by atoms with van der Waals surface area (Å²) < 4.78 is 12.7. The summed E-state index contributed by atoms with van der Waals surface area (Å²) in [7, 11) is 3.58. The highest BCUT2D eigenvalue weighted by Gasteiger charge is 2.17. The summed E-state index contributed by atoms with van der Waals surface area (Å²) >= 11 is 1.67. The van der Waals surface area contributed by atoms with Crippen LogP contribution < -0.4 is 10.1 Å². The van der Waals surface area contributed by atoms with E-state index >= 15 is 0 Å². The first-order valence-electron chi connectivity index (χ1n) is 9.38. The Hall–Kier alpha value is -2.32. The third-order valence-electron chi connectivity index (χ3n) is 4.54. The van der Waals surface area contributed by atoms with Crippen molar-refractivity contribution < 1.29 is 14.3 Å². The van der Waals surface area contributed by atoms with Crippen molar-refractivity contribution in [2.24, 2.45) is 7.05 Å². The molecule has 1 saturated heterocycles. The second-order valence-corrected chi connectivity index (χ2v) is 7.54. The van der Waals surface area contributed by atoms with Crippen molar-refractivity contribution >= 4 is 23.7 Å². The molecule has 0 aliphatic carbocycles. The van der Waals surface area contributed by atoms with E-state index in [0.29, 0.717) is 19.1 Å². The van der Waals surface area contributed by atoms with E-state index in [-0.39, 0.29) is 5.91 Å². The summed E-state index contributed by atoms with van der Waals surface area (Å²) in [4.78, 5) is 12.0. The number of carbonyl (C=O) groups excluding carboxylic acids is 1. The number of thioether (sulfide) groups is 1. The van der Waals surface area contributed by atoms with Crippen molar-refractivity contribution in [1.82, 2.24) is 20.1 Å². The van der Waals surface area contributed by atoms with Gasteiger partial charge in [-0.15, -0.1) is 10.2 Å². The summed E-state index contributed by atoms with van der Waals surface area (Å²) in [5.74, 6) is 2.41. The zero-order chi connectivity index (χ0) is 19.8. The first-order chi connectivity index (χ1) is 13.7. The van der Waals surface area contributed by atoms with Crippen LogP contribution in [0.15, 0.2) is 35.5 Å². The molecule has 7 nitrogen and oxygen atoms in total. The SMILES string of the molecule is COc1ccc(/C=C/C(=O)NCCc2nnc(SCC3CCCO3)n2C)cc1. The lowest BCUT2D eigenvalue weighted by Crippen LogP contribution is -2.24. The number of aromatic nitrogens is 3. The van der Waals surface area contributed by atoms with Crippen molar-refractivity contribution in [1.29, 1.82) is 0 Å². The van der Waals surface area contributed by atoms with Crippen LogP contribution in [0.4, 0.5) is 0 Å². The molecule has 0 radical (unpaired) electrons. The van der Waals surface area contributed by atoms with Gasteiger partial charge in [-0.25, -0.2) is 0 Å². The summed E-state index contributed by atoms with van der Waals surface area (Å²) in [5.41, 5.74) is 0.942. The van der Waals surface area contributed by atoms with Crippen molar-refractivity contribution in [3.63, 3.8) is 0 Å². The van der Waals surface area contributed by atoms with E-state index in [0.717, 1.165) is 47.5 Å². The number of methoxy groups -OCH3 is 1. The maximum absolute atomic E-state index is 12.0. The minimum Gasteiger partial charge on any atom is -0.497 e. The average molecular weight is 403 g/mol. The number of benzene rings is 1. The quantitative estimate of drug-likeness (QED) is 0.513. The van der Waals surface area contributed by atoms with E-state index in [1.165, 1.54) is 6.08 Å². The second kappa shape index (κ2) is 10.3. The second-order valence-electron chi connectivity index (χ2n) is 6.55. The zero-order valence-electron chi connectivity index (χ0n) is 16.3. The molecule has 1 aromatic carbocycles. The molecule has 1 aliphatic heterocycles. The molecular formula is C20H26N4O3S. The molecule has 0 spiro atoms. The Bertz CT molecular complexity index is 798. The Morgan fingerprint density at radius 2 is 2.21 bits per heavy atom. The third kappa shape index (κ3) is 5.84. The lowest BCUT2D eigenvalue weighted by molar-refractivity contribution is -0.116. The first-order valence-corrected chi connectivity index (χ1v) is 10.4. The van der Waals surface area contributed by atoms with Gasteiger partial charge in [-0.2, -0.15) is 0 Å². The molecule has 1 amide bonds. The number of rotatable bonds is 9. The topological polar surface area (TPSA) is 78.3 Å². The van der Waals surface area contributed by atoms with Crippen molar-refractivity contribution in [3.05, 3.63) is 41.7 Å². The lowest BCUT2D eigenvalue weighted by Gasteiger charge is -2.08. The average Bonchev–Trinajstić information content (AvgIpc) is 3.35. The molecule has 8 heteroatoms. The van der Waals surface area contributed by atoms with Gasteiger partial charge in [-0.3, -0.25) is 4.79 Å². The number of hydrogen-bond acceptors (Lipinski definition) is 6. The normalized spacial score (nSPS) is 16.6. The van der Waals surface area contributed by atoms with Crippen LogP contribution >= 0.6 is 11.8 Å². The number of ether oxygens (including phenoxy) is 2. The van der Waals surface area contributed by atoms with Gasteiger partial charge in [0, 0.05) is 38.4 Å². The number of amides is 1. The highest BCUT2D eigenvalue weighted by molar-refractivity contribution is 7.99. The fourth-order valence-electron chi connectivity index (χ4n) is 2.88. The van der Waals surface area contributed by atoms with E-state index in [9.17, 15) is 4.79 Å². The molecule has 3 rings (SSSR count). The van der Waals surface area contributed by atoms with Crippen molar-refractivity contribution in [3.8, 4) is 5.75 Å². The van der Waals surface area contributed by atoms with Gasteiger partial charge in [-0.1, -0.05) is 23.9 Å². The molecule has 2 heterocycles. The van der Waals surface area contributed by atoms with Crippen LogP contribution in [0.3, 0.4) is 0 Å². The molecule has 1 unspecified atom stereocenters. The summed E-state index contributed by atoms with van der Waals surface area (Å²) in [6.45, 7) is 1.37. The van der Waals surface area contributed by atoms with Crippen LogP contribution in [0.5, 0.6) is 5.75 Å². The van der Waals surface area contributed by atoms with Crippen LogP contribution in [0.2, 0.25) is 0 Å². The maximum Gasteiger partial charge on any atom is 0.244 e. The number of nitrogens with one attached hydrogen (secondary N) is 1. The molecule has 28 heavy (non-hydrogen) atoms. The highest BCUT2D eigenvalue weighted by atomic mass is 32.2. The molecule has 150 valence electrons. The Morgan fingerprint density at radius 1 is 1.39 bits per heavy atom. The Balaban J connectivity index is 1.41.